The molecule has 9 heteroatoms. The number of rotatable bonds is 5. The molecule has 3 rings (SSSR count). The first-order valence-electron chi connectivity index (χ1n) is 8.60. The zero-order valence-electron chi connectivity index (χ0n) is 15.5. The van der Waals surface area contributed by atoms with Gasteiger partial charge in [-0.25, -0.2) is 0 Å². The van der Waals surface area contributed by atoms with Gasteiger partial charge in [0.15, 0.2) is 5.96 Å². The number of hydrogen-bond acceptors (Lipinski definition) is 4. The number of guanidine groups is 1. The zero-order valence-corrected chi connectivity index (χ0v) is 18.6. The van der Waals surface area contributed by atoms with Crippen LogP contribution in [0.4, 0.5) is 0 Å². The maximum Gasteiger partial charge on any atom is 0.193 e. The van der Waals surface area contributed by atoms with E-state index in [4.69, 9.17) is 21.1 Å². The van der Waals surface area contributed by atoms with Gasteiger partial charge >= 0.3 is 0 Å². The van der Waals surface area contributed by atoms with Gasteiger partial charge in [0.1, 0.15) is 18.5 Å². The predicted octanol–water partition coefficient (Wildman–Crippen LogP) is 2.72. The number of aryl methyl sites for hydroxylation is 1. The third-order valence-electron chi connectivity index (χ3n) is 4.15. The summed E-state index contributed by atoms with van der Waals surface area (Å²) in [5.41, 5.74) is 1.08. The number of hydrogen-bond donors (Lipinski definition) is 1. The van der Waals surface area contributed by atoms with Crippen molar-refractivity contribution >= 4 is 41.5 Å². The smallest absolute Gasteiger partial charge is 0.193 e. The molecule has 2 heterocycles. The lowest BCUT2D eigenvalue weighted by Gasteiger charge is -2.34. The molecule has 0 aliphatic carbocycles. The van der Waals surface area contributed by atoms with Crippen molar-refractivity contribution in [2.45, 2.75) is 6.10 Å². The highest BCUT2D eigenvalue weighted by molar-refractivity contribution is 14.0. The van der Waals surface area contributed by atoms with Gasteiger partial charge in [-0.15, -0.1) is 24.0 Å². The first-order chi connectivity index (χ1) is 12.7. The minimum absolute atomic E-state index is 0. The summed E-state index contributed by atoms with van der Waals surface area (Å²) >= 11 is 6.09. The highest BCUT2D eigenvalue weighted by atomic mass is 127. The van der Waals surface area contributed by atoms with Crippen LogP contribution in [0, 0.1) is 0 Å². The molecule has 1 saturated heterocycles. The lowest BCUT2D eigenvalue weighted by atomic mass is 10.1. The van der Waals surface area contributed by atoms with Crippen molar-refractivity contribution in [1.29, 1.82) is 0 Å². The summed E-state index contributed by atoms with van der Waals surface area (Å²) in [4.78, 5) is 6.57. The van der Waals surface area contributed by atoms with Crippen LogP contribution in [0.3, 0.4) is 0 Å². The fourth-order valence-corrected chi connectivity index (χ4v) is 3.06. The fourth-order valence-electron chi connectivity index (χ4n) is 2.87. The second kappa shape index (κ2) is 10.7. The number of aliphatic imine (C=N–C) groups is 1. The summed E-state index contributed by atoms with van der Waals surface area (Å²) in [5, 5.41) is 8.18. The van der Waals surface area contributed by atoms with Gasteiger partial charge in [-0.05, 0) is 12.1 Å². The Bertz CT molecular complexity index is 755. The van der Waals surface area contributed by atoms with E-state index in [1.807, 2.05) is 43.7 Å². The molecule has 1 aromatic carbocycles. The van der Waals surface area contributed by atoms with Crippen LogP contribution in [0.25, 0.3) is 0 Å². The van der Waals surface area contributed by atoms with Crippen LogP contribution in [0.1, 0.15) is 11.7 Å². The summed E-state index contributed by atoms with van der Waals surface area (Å²) < 4.78 is 13.4. The summed E-state index contributed by atoms with van der Waals surface area (Å²) in [6.07, 6.45) is 3.83. The standard InChI is InChI=1S/C18H24ClN5O2.HI/c1-20-18(21-7-9-25-16-6-4-3-5-15(16)19)24-8-10-26-17(13-24)14-11-22-23(2)12-14;/h3-6,11-12,17H,7-10,13H2,1-2H3,(H,20,21);1H. The van der Waals surface area contributed by atoms with Gasteiger partial charge in [0.25, 0.3) is 0 Å². The SMILES string of the molecule is CN=C(NCCOc1ccccc1Cl)N1CCOC(c2cnn(C)c2)C1.I. The van der Waals surface area contributed by atoms with Crippen LogP contribution in [0.15, 0.2) is 41.7 Å². The monoisotopic (exact) mass is 505 g/mol. The molecule has 1 atom stereocenters. The lowest BCUT2D eigenvalue weighted by molar-refractivity contribution is -0.00805. The Hall–Kier alpha value is -1.52. The van der Waals surface area contributed by atoms with Crippen molar-refractivity contribution in [2.24, 2.45) is 12.0 Å². The van der Waals surface area contributed by atoms with Gasteiger partial charge in [-0.1, -0.05) is 23.7 Å². The molecular weight excluding hydrogens is 481 g/mol. The van der Waals surface area contributed by atoms with Gasteiger partial charge in [-0.2, -0.15) is 5.10 Å². The van der Waals surface area contributed by atoms with Crippen molar-refractivity contribution in [2.75, 3.05) is 39.9 Å². The second-order valence-electron chi connectivity index (χ2n) is 6.01. The highest BCUT2D eigenvalue weighted by Crippen LogP contribution is 2.23. The van der Waals surface area contributed by atoms with Crippen molar-refractivity contribution in [3.05, 3.63) is 47.2 Å². The highest BCUT2D eigenvalue weighted by Gasteiger charge is 2.25. The van der Waals surface area contributed by atoms with E-state index in [0.29, 0.717) is 30.5 Å². The Morgan fingerprint density at radius 2 is 2.26 bits per heavy atom. The Kier molecular flexibility index (Phi) is 8.65. The molecule has 0 spiro atoms. The largest absolute Gasteiger partial charge is 0.490 e. The second-order valence-corrected chi connectivity index (χ2v) is 6.41. The molecule has 0 radical (unpaired) electrons. The van der Waals surface area contributed by atoms with Gasteiger partial charge in [0, 0.05) is 32.4 Å². The number of nitrogens with zero attached hydrogens (tertiary/aromatic N) is 4. The Morgan fingerprint density at radius 3 is 2.96 bits per heavy atom. The van der Waals surface area contributed by atoms with Crippen molar-refractivity contribution in [3.63, 3.8) is 0 Å². The van der Waals surface area contributed by atoms with E-state index < -0.39 is 0 Å². The maximum atomic E-state index is 6.09. The van der Waals surface area contributed by atoms with E-state index in [1.165, 1.54) is 0 Å². The van der Waals surface area contributed by atoms with Crippen molar-refractivity contribution in [3.8, 4) is 5.75 Å². The van der Waals surface area contributed by atoms with Crippen LogP contribution < -0.4 is 10.1 Å². The van der Waals surface area contributed by atoms with Gasteiger partial charge < -0.3 is 19.7 Å². The number of halogens is 2. The van der Waals surface area contributed by atoms with E-state index in [2.05, 4.69) is 20.3 Å². The van der Waals surface area contributed by atoms with Crippen LogP contribution in [-0.4, -0.2) is 60.5 Å². The molecule has 1 aliphatic rings. The molecule has 1 unspecified atom stereocenters. The third-order valence-corrected chi connectivity index (χ3v) is 4.47. The van der Waals surface area contributed by atoms with Gasteiger partial charge in [0.2, 0.25) is 0 Å². The van der Waals surface area contributed by atoms with Crippen LogP contribution in [0.2, 0.25) is 5.02 Å². The molecule has 148 valence electrons. The Labute approximate surface area is 181 Å². The van der Waals surface area contributed by atoms with E-state index in [0.717, 1.165) is 24.6 Å². The van der Waals surface area contributed by atoms with E-state index in [9.17, 15) is 0 Å². The average molecular weight is 506 g/mol. The quantitative estimate of drug-likeness (QED) is 0.293. The fraction of sp³-hybridized carbons (Fsp3) is 0.444. The predicted molar refractivity (Wildman–Crippen MR) is 117 cm³/mol. The van der Waals surface area contributed by atoms with Crippen LogP contribution in [-0.2, 0) is 11.8 Å². The zero-order chi connectivity index (χ0) is 18.4. The van der Waals surface area contributed by atoms with Crippen molar-refractivity contribution in [1.82, 2.24) is 20.0 Å². The molecule has 1 aromatic heterocycles. The van der Waals surface area contributed by atoms with E-state index >= 15 is 0 Å². The topological polar surface area (TPSA) is 63.9 Å². The summed E-state index contributed by atoms with van der Waals surface area (Å²) in [7, 11) is 3.69. The molecule has 2 aromatic rings. The summed E-state index contributed by atoms with van der Waals surface area (Å²) in [6.45, 7) is 3.31. The van der Waals surface area contributed by atoms with Crippen LogP contribution in [0.5, 0.6) is 5.75 Å². The minimum Gasteiger partial charge on any atom is -0.490 e. The molecule has 1 aliphatic heterocycles. The molecule has 27 heavy (non-hydrogen) atoms. The molecular formula is C18H25ClIN5O2. The molecule has 1 N–H and O–H groups in total. The number of para-hydroxylation sites is 1. The van der Waals surface area contributed by atoms with E-state index in [1.54, 1.807) is 11.7 Å². The Balaban J connectivity index is 0.00000261. The minimum atomic E-state index is -0.00428. The maximum absolute atomic E-state index is 6.09. The lowest BCUT2D eigenvalue weighted by Crippen LogP contribution is -2.48. The average Bonchev–Trinajstić information content (AvgIpc) is 3.10. The van der Waals surface area contributed by atoms with E-state index in [-0.39, 0.29) is 30.1 Å². The number of morpholine rings is 1. The molecule has 0 amide bonds. The molecule has 7 nitrogen and oxygen atoms in total. The third kappa shape index (κ3) is 5.98. The molecule has 1 fully saturated rings. The number of ether oxygens (including phenoxy) is 2. The number of benzene rings is 1. The van der Waals surface area contributed by atoms with Gasteiger partial charge in [0.05, 0.1) is 30.9 Å². The van der Waals surface area contributed by atoms with Crippen LogP contribution >= 0.6 is 35.6 Å². The van der Waals surface area contributed by atoms with Crippen molar-refractivity contribution < 1.29 is 9.47 Å². The summed E-state index contributed by atoms with van der Waals surface area (Å²) in [5.74, 6) is 1.53. The summed E-state index contributed by atoms with van der Waals surface area (Å²) in [6, 6.07) is 7.46. The first-order valence-corrected chi connectivity index (χ1v) is 8.98. The Morgan fingerprint density at radius 1 is 1.44 bits per heavy atom. The molecule has 0 saturated carbocycles. The number of aromatic nitrogens is 2. The number of nitrogens with one attached hydrogen (secondary N) is 1. The first kappa shape index (κ1) is 21.8. The normalized spacial score (nSPS) is 17.4. The molecule has 0 bridgehead atoms. The van der Waals surface area contributed by atoms with Gasteiger partial charge in [-0.3, -0.25) is 9.67 Å².